The lowest BCUT2D eigenvalue weighted by Crippen LogP contribution is -2.24. The van der Waals surface area contributed by atoms with E-state index < -0.39 is 0 Å². The fourth-order valence-corrected chi connectivity index (χ4v) is 3.54. The van der Waals surface area contributed by atoms with Gasteiger partial charge in [0.2, 0.25) is 0 Å². The van der Waals surface area contributed by atoms with Gasteiger partial charge in [0.15, 0.2) is 0 Å². The van der Waals surface area contributed by atoms with E-state index in [1.807, 2.05) is 36.2 Å². The average molecular weight is 313 g/mol. The first-order valence-electron chi connectivity index (χ1n) is 8.92. The smallest absolute Gasteiger partial charge is 0.251 e. The Balaban J connectivity index is 1.44. The average Bonchev–Trinajstić information content (AvgIpc) is 3.23. The molecule has 0 unspecified atom stereocenters. The molecule has 0 spiro atoms. The highest BCUT2D eigenvalue weighted by Gasteiger charge is 2.15. The first-order chi connectivity index (χ1) is 11.2. The van der Waals surface area contributed by atoms with Crippen molar-refractivity contribution in [2.45, 2.75) is 51.9 Å². The summed E-state index contributed by atoms with van der Waals surface area (Å²) in [6.45, 7) is 3.76. The van der Waals surface area contributed by atoms with Crippen molar-refractivity contribution < 1.29 is 4.79 Å². The van der Waals surface area contributed by atoms with E-state index in [1.165, 1.54) is 32.1 Å². The molecule has 4 nitrogen and oxygen atoms in total. The van der Waals surface area contributed by atoms with Crippen molar-refractivity contribution in [3.8, 4) is 0 Å². The van der Waals surface area contributed by atoms with E-state index in [2.05, 4.69) is 10.4 Å². The van der Waals surface area contributed by atoms with Crippen LogP contribution in [0.5, 0.6) is 0 Å². The van der Waals surface area contributed by atoms with Crippen LogP contribution in [0.4, 0.5) is 5.69 Å². The number of hydrogen-bond acceptors (Lipinski definition) is 3. The highest BCUT2D eigenvalue weighted by Crippen LogP contribution is 2.28. The molecular formula is C19H27N3O. The Morgan fingerprint density at radius 3 is 2.65 bits per heavy atom. The molecule has 23 heavy (non-hydrogen) atoms. The molecule has 1 aliphatic heterocycles. The molecule has 1 aliphatic carbocycles. The number of carbonyl (C=O) groups is 1. The summed E-state index contributed by atoms with van der Waals surface area (Å²) < 4.78 is 0. The molecule has 1 aromatic carbocycles. The number of anilines is 1. The predicted molar refractivity (Wildman–Crippen MR) is 95.0 cm³/mol. The van der Waals surface area contributed by atoms with Crippen LogP contribution in [0, 0.1) is 5.92 Å². The molecule has 2 aliphatic rings. The number of hydrazone groups is 1. The second kappa shape index (κ2) is 7.62. The molecule has 3 rings (SSSR count). The third-order valence-corrected chi connectivity index (χ3v) is 4.95. The van der Waals surface area contributed by atoms with E-state index in [0.717, 1.165) is 48.8 Å². The van der Waals surface area contributed by atoms with Gasteiger partial charge in [0.05, 0.1) is 5.69 Å². The monoisotopic (exact) mass is 313 g/mol. The van der Waals surface area contributed by atoms with Crippen LogP contribution in [0.15, 0.2) is 29.4 Å². The summed E-state index contributed by atoms with van der Waals surface area (Å²) in [6.07, 6.45) is 8.92. The molecule has 0 atom stereocenters. The van der Waals surface area contributed by atoms with E-state index in [-0.39, 0.29) is 5.91 Å². The van der Waals surface area contributed by atoms with Crippen molar-refractivity contribution in [2.75, 3.05) is 18.1 Å². The van der Waals surface area contributed by atoms with E-state index in [4.69, 9.17) is 0 Å². The minimum Gasteiger partial charge on any atom is -0.352 e. The van der Waals surface area contributed by atoms with Crippen LogP contribution in [-0.2, 0) is 0 Å². The number of carbonyl (C=O) groups excluding carboxylic acids is 1. The van der Waals surface area contributed by atoms with Gasteiger partial charge < -0.3 is 5.32 Å². The number of benzene rings is 1. The van der Waals surface area contributed by atoms with Gasteiger partial charge in [-0.1, -0.05) is 25.7 Å². The van der Waals surface area contributed by atoms with Gasteiger partial charge >= 0.3 is 0 Å². The van der Waals surface area contributed by atoms with Crippen molar-refractivity contribution in [2.24, 2.45) is 11.0 Å². The number of amides is 1. The van der Waals surface area contributed by atoms with Crippen LogP contribution < -0.4 is 10.3 Å². The fourth-order valence-electron chi connectivity index (χ4n) is 3.54. The van der Waals surface area contributed by atoms with Crippen LogP contribution in [0.25, 0.3) is 0 Å². The largest absolute Gasteiger partial charge is 0.352 e. The zero-order valence-electron chi connectivity index (χ0n) is 14.1. The summed E-state index contributed by atoms with van der Waals surface area (Å²) in [4.78, 5) is 12.2. The van der Waals surface area contributed by atoms with Gasteiger partial charge in [0.25, 0.3) is 5.91 Å². The van der Waals surface area contributed by atoms with Gasteiger partial charge in [-0.15, -0.1) is 0 Å². The van der Waals surface area contributed by atoms with Gasteiger partial charge in [-0.25, -0.2) is 0 Å². The lowest BCUT2D eigenvalue weighted by Gasteiger charge is -2.14. The van der Waals surface area contributed by atoms with E-state index in [0.29, 0.717) is 0 Å². The minimum atomic E-state index is 0.0316. The predicted octanol–water partition coefficient (Wildman–Crippen LogP) is 3.97. The highest BCUT2D eigenvalue weighted by molar-refractivity contribution is 5.94. The lowest BCUT2D eigenvalue weighted by molar-refractivity contribution is 0.0952. The molecule has 124 valence electrons. The fraction of sp³-hybridized carbons (Fsp3) is 0.579. The molecule has 0 aromatic heterocycles. The number of rotatable bonds is 6. The SMILES string of the molecule is CC1=NN(c2ccc(C(=O)NCCCC3CCCC3)cc2)CC1. The molecule has 0 bridgehead atoms. The number of nitrogens with zero attached hydrogens (tertiary/aromatic N) is 2. The Kier molecular flexibility index (Phi) is 5.31. The van der Waals surface area contributed by atoms with Crippen molar-refractivity contribution >= 4 is 17.3 Å². The Morgan fingerprint density at radius 1 is 1.26 bits per heavy atom. The first kappa shape index (κ1) is 16.0. The molecule has 1 heterocycles. The maximum absolute atomic E-state index is 12.2. The molecule has 1 N–H and O–H groups in total. The Hall–Kier alpha value is -1.84. The summed E-state index contributed by atoms with van der Waals surface area (Å²) in [6, 6.07) is 7.75. The summed E-state index contributed by atoms with van der Waals surface area (Å²) in [5, 5.41) is 9.52. The van der Waals surface area contributed by atoms with Gasteiger partial charge in [0, 0.05) is 30.8 Å². The first-order valence-corrected chi connectivity index (χ1v) is 8.92. The normalized spacial score (nSPS) is 18.3. The third kappa shape index (κ3) is 4.34. The molecule has 1 amide bonds. The standard InChI is InChI=1S/C19H27N3O/c1-15-12-14-22(21-15)18-10-8-17(9-11-18)19(23)20-13-4-7-16-5-2-3-6-16/h8-11,16H,2-7,12-14H2,1H3,(H,20,23). The summed E-state index contributed by atoms with van der Waals surface area (Å²) in [5.41, 5.74) is 2.95. The quantitative estimate of drug-likeness (QED) is 0.808. The van der Waals surface area contributed by atoms with Gasteiger partial charge in [-0.05, 0) is 49.9 Å². The molecular weight excluding hydrogens is 286 g/mol. The Labute approximate surface area is 139 Å². The van der Waals surface area contributed by atoms with Crippen molar-refractivity contribution in [3.05, 3.63) is 29.8 Å². The Morgan fingerprint density at radius 2 is 2.00 bits per heavy atom. The Bertz CT molecular complexity index is 558. The van der Waals surface area contributed by atoms with E-state index >= 15 is 0 Å². The minimum absolute atomic E-state index is 0.0316. The molecule has 0 saturated heterocycles. The summed E-state index contributed by atoms with van der Waals surface area (Å²) >= 11 is 0. The van der Waals surface area contributed by atoms with Crippen LogP contribution in [0.3, 0.4) is 0 Å². The molecule has 1 fully saturated rings. The zero-order chi connectivity index (χ0) is 16.1. The number of nitrogens with one attached hydrogen (secondary N) is 1. The van der Waals surface area contributed by atoms with Crippen LogP contribution in [0.2, 0.25) is 0 Å². The van der Waals surface area contributed by atoms with Crippen molar-refractivity contribution in [1.82, 2.24) is 5.32 Å². The number of hydrogen-bond donors (Lipinski definition) is 1. The second-order valence-corrected chi connectivity index (χ2v) is 6.80. The van der Waals surface area contributed by atoms with Gasteiger partial charge in [-0.2, -0.15) is 5.10 Å². The van der Waals surface area contributed by atoms with Crippen molar-refractivity contribution in [1.29, 1.82) is 0 Å². The lowest BCUT2D eigenvalue weighted by atomic mass is 10.0. The van der Waals surface area contributed by atoms with Crippen LogP contribution >= 0.6 is 0 Å². The van der Waals surface area contributed by atoms with Crippen LogP contribution in [0.1, 0.15) is 62.2 Å². The van der Waals surface area contributed by atoms with Crippen LogP contribution in [-0.4, -0.2) is 24.7 Å². The highest BCUT2D eigenvalue weighted by atomic mass is 16.1. The molecule has 1 aromatic rings. The summed E-state index contributed by atoms with van der Waals surface area (Å²) in [5.74, 6) is 0.930. The van der Waals surface area contributed by atoms with Gasteiger partial charge in [0.1, 0.15) is 0 Å². The molecule has 0 radical (unpaired) electrons. The summed E-state index contributed by atoms with van der Waals surface area (Å²) in [7, 11) is 0. The van der Waals surface area contributed by atoms with E-state index in [1.54, 1.807) is 0 Å². The van der Waals surface area contributed by atoms with E-state index in [9.17, 15) is 4.79 Å². The van der Waals surface area contributed by atoms with Crippen molar-refractivity contribution in [3.63, 3.8) is 0 Å². The maximum atomic E-state index is 12.2. The second-order valence-electron chi connectivity index (χ2n) is 6.80. The maximum Gasteiger partial charge on any atom is 0.251 e. The topological polar surface area (TPSA) is 44.7 Å². The van der Waals surface area contributed by atoms with Gasteiger partial charge in [-0.3, -0.25) is 9.80 Å². The third-order valence-electron chi connectivity index (χ3n) is 4.95. The molecule has 4 heteroatoms. The molecule has 1 saturated carbocycles. The zero-order valence-corrected chi connectivity index (χ0v) is 14.1.